The Morgan fingerprint density at radius 2 is 1.73 bits per heavy atom. The van der Waals surface area contributed by atoms with Crippen molar-refractivity contribution in [1.82, 2.24) is 14.5 Å². The van der Waals surface area contributed by atoms with Gasteiger partial charge in [-0.15, -0.1) is 0 Å². The highest BCUT2D eigenvalue weighted by atomic mass is 32.2. The summed E-state index contributed by atoms with van der Waals surface area (Å²) in [5.41, 5.74) is -0.223. The van der Waals surface area contributed by atoms with Crippen molar-refractivity contribution in [3.05, 3.63) is 64.6 Å². The Labute approximate surface area is 188 Å². The van der Waals surface area contributed by atoms with Crippen LogP contribution >= 0.6 is 0 Å². The third kappa shape index (κ3) is 4.92. The zero-order valence-corrected chi connectivity index (χ0v) is 18.1. The fourth-order valence-corrected chi connectivity index (χ4v) is 4.72. The van der Waals surface area contributed by atoms with E-state index in [2.05, 4.69) is 15.5 Å². The molecule has 33 heavy (non-hydrogen) atoms. The lowest BCUT2D eigenvalue weighted by molar-refractivity contribution is -0.119. The molecule has 1 aromatic heterocycles. The van der Waals surface area contributed by atoms with Gasteiger partial charge in [0, 0.05) is 24.2 Å². The SMILES string of the molecule is O=C(COC(=O)c1n[nH]c(=O)c2ccccc12)Nc1ccc(S(=O)(=O)N2CCOCC2)cc1. The molecule has 1 fully saturated rings. The van der Waals surface area contributed by atoms with E-state index in [0.29, 0.717) is 24.3 Å². The number of anilines is 1. The van der Waals surface area contributed by atoms with Gasteiger partial charge in [0.1, 0.15) is 0 Å². The van der Waals surface area contributed by atoms with E-state index in [1.54, 1.807) is 24.3 Å². The van der Waals surface area contributed by atoms with Crippen molar-refractivity contribution in [2.45, 2.75) is 4.90 Å². The summed E-state index contributed by atoms with van der Waals surface area (Å²) < 4.78 is 36.8. The van der Waals surface area contributed by atoms with Gasteiger partial charge in [-0.1, -0.05) is 18.2 Å². The first-order valence-electron chi connectivity index (χ1n) is 9.98. The maximum Gasteiger partial charge on any atom is 0.359 e. The fourth-order valence-electron chi connectivity index (χ4n) is 3.31. The van der Waals surface area contributed by atoms with Crippen molar-refractivity contribution in [2.24, 2.45) is 0 Å². The minimum atomic E-state index is -3.64. The fraction of sp³-hybridized carbons (Fsp3) is 0.238. The quantitative estimate of drug-likeness (QED) is 0.499. The zero-order chi connectivity index (χ0) is 23.4. The molecule has 0 saturated carbocycles. The zero-order valence-electron chi connectivity index (χ0n) is 17.3. The van der Waals surface area contributed by atoms with E-state index in [1.807, 2.05) is 0 Å². The van der Waals surface area contributed by atoms with Gasteiger partial charge >= 0.3 is 5.97 Å². The van der Waals surface area contributed by atoms with Crippen LogP contribution in [0.15, 0.2) is 58.2 Å². The van der Waals surface area contributed by atoms with Crippen LogP contribution in [0.25, 0.3) is 10.8 Å². The lowest BCUT2D eigenvalue weighted by atomic mass is 10.1. The van der Waals surface area contributed by atoms with E-state index >= 15 is 0 Å². The van der Waals surface area contributed by atoms with Crippen molar-refractivity contribution < 1.29 is 27.5 Å². The van der Waals surface area contributed by atoms with Crippen LogP contribution in [-0.2, 0) is 24.3 Å². The largest absolute Gasteiger partial charge is 0.451 e. The minimum absolute atomic E-state index is 0.102. The van der Waals surface area contributed by atoms with Crippen LogP contribution in [-0.4, -0.2) is 67.7 Å². The molecule has 0 spiro atoms. The highest BCUT2D eigenvalue weighted by molar-refractivity contribution is 7.89. The molecule has 0 atom stereocenters. The third-order valence-electron chi connectivity index (χ3n) is 4.97. The van der Waals surface area contributed by atoms with Crippen molar-refractivity contribution in [3.63, 3.8) is 0 Å². The Kier molecular flexibility index (Phi) is 6.49. The average Bonchev–Trinajstić information content (AvgIpc) is 2.84. The Hall–Kier alpha value is -3.61. The molecule has 3 aromatic rings. The van der Waals surface area contributed by atoms with Crippen LogP contribution in [0.4, 0.5) is 5.69 Å². The van der Waals surface area contributed by atoms with E-state index in [0.717, 1.165) is 0 Å². The van der Waals surface area contributed by atoms with Gasteiger partial charge in [-0.3, -0.25) is 9.59 Å². The summed E-state index contributed by atoms with van der Waals surface area (Å²) in [4.78, 5) is 36.5. The second kappa shape index (κ2) is 9.48. The minimum Gasteiger partial charge on any atom is -0.451 e. The number of nitrogens with zero attached hydrogens (tertiary/aromatic N) is 2. The first kappa shape index (κ1) is 22.6. The number of hydrogen-bond acceptors (Lipinski definition) is 8. The Morgan fingerprint density at radius 3 is 2.42 bits per heavy atom. The van der Waals surface area contributed by atoms with Crippen molar-refractivity contribution >= 4 is 38.4 Å². The Balaban J connectivity index is 1.37. The van der Waals surface area contributed by atoms with E-state index in [-0.39, 0.29) is 29.1 Å². The summed E-state index contributed by atoms with van der Waals surface area (Å²) in [5, 5.41) is 9.07. The van der Waals surface area contributed by atoms with Crippen molar-refractivity contribution in [3.8, 4) is 0 Å². The van der Waals surface area contributed by atoms with Gasteiger partial charge in [0.15, 0.2) is 12.3 Å². The molecule has 12 heteroatoms. The maximum absolute atomic E-state index is 12.6. The number of nitrogens with one attached hydrogen (secondary N) is 2. The Bertz CT molecular complexity index is 1350. The van der Waals surface area contributed by atoms with Gasteiger partial charge in [-0.25, -0.2) is 18.3 Å². The standard InChI is InChI=1S/C21H20N4O7S/c26-18(13-32-21(28)19-16-3-1-2-4-17(16)20(27)24-23-19)22-14-5-7-15(8-6-14)33(29,30)25-9-11-31-12-10-25/h1-8H,9-13H2,(H,22,26)(H,24,27). The summed E-state index contributed by atoms with van der Waals surface area (Å²) in [5.74, 6) is -1.49. The van der Waals surface area contributed by atoms with Gasteiger partial charge in [0.25, 0.3) is 11.5 Å². The van der Waals surface area contributed by atoms with Crippen molar-refractivity contribution in [2.75, 3.05) is 38.2 Å². The number of sulfonamides is 1. The predicted octanol–water partition coefficient (Wildman–Crippen LogP) is 0.739. The molecule has 4 rings (SSSR count). The van der Waals surface area contributed by atoms with Gasteiger partial charge in [0.05, 0.1) is 23.5 Å². The van der Waals surface area contributed by atoms with E-state index < -0.39 is 34.1 Å². The highest BCUT2D eigenvalue weighted by Gasteiger charge is 2.26. The molecule has 1 aliphatic heterocycles. The highest BCUT2D eigenvalue weighted by Crippen LogP contribution is 2.19. The number of H-pyrrole nitrogens is 1. The summed E-state index contributed by atoms with van der Waals surface area (Å²) in [7, 11) is -3.64. The summed E-state index contributed by atoms with van der Waals surface area (Å²) >= 11 is 0. The molecule has 172 valence electrons. The molecule has 0 aliphatic carbocycles. The number of aromatic nitrogens is 2. The number of rotatable bonds is 6. The number of aromatic amines is 1. The third-order valence-corrected chi connectivity index (χ3v) is 6.88. The number of carbonyl (C=O) groups is 2. The number of morpholine rings is 1. The molecule has 2 heterocycles. The monoisotopic (exact) mass is 472 g/mol. The lowest BCUT2D eigenvalue weighted by Crippen LogP contribution is -2.40. The van der Waals surface area contributed by atoms with Crippen molar-refractivity contribution in [1.29, 1.82) is 0 Å². The predicted molar refractivity (Wildman–Crippen MR) is 117 cm³/mol. The van der Waals surface area contributed by atoms with Crippen LogP contribution in [0.5, 0.6) is 0 Å². The second-order valence-corrected chi connectivity index (χ2v) is 9.05. The van der Waals surface area contributed by atoms with Crippen LogP contribution in [0.1, 0.15) is 10.5 Å². The molecule has 0 radical (unpaired) electrons. The van der Waals surface area contributed by atoms with Gasteiger partial charge in [-0.2, -0.15) is 9.40 Å². The molecular weight excluding hydrogens is 452 g/mol. The normalized spacial score (nSPS) is 14.7. The van der Waals surface area contributed by atoms with Gasteiger partial charge < -0.3 is 14.8 Å². The molecular formula is C21H20N4O7S. The summed E-state index contributed by atoms with van der Waals surface area (Å²) in [6, 6.07) is 12.1. The van der Waals surface area contributed by atoms with Gasteiger partial charge in [-0.05, 0) is 30.3 Å². The van der Waals surface area contributed by atoms with Gasteiger partial charge in [0.2, 0.25) is 10.0 Å². The Morgan fingerprint density at radius 1 is 1.06 bits per heavy atom. The number of benzene rings is 2. The van der Waals surface area contributed by atoms with Crippen LogP contribution in [0.3, 0.4) is 0 Å². The first-order chi connectivity index (χ1) is 15.9. The number of carbonyl (C=O) groups excluding carboxylic acids is 2. The topological polar surface area (TPSA) is 148 Å². The molecule has 0 unspecified atom stereocenters. The second-order valence-electron chi connectivity index (χ2n) is 7.11. The number of ether oxygens (including phenoxy) is 2. The molecule has 1 aliphatic rings. The van der Waals surface area contributed by atoms with E-state index in [4.69, 9.17) is 9.47 Å². The molecule has 11 nitrogen and oxygen atoms in total. The smallest absolute Gasteiger partial charge is 0.359 e. The molecule has 1 amide bonds. The lowest BCUT2D eigenvalue weighted by Gasteiger charge is -2.26. The molecule has 0 bridgehead atoms. The number of amides is 1. The summed E-state index contributed by atoms with van der Waals surface area (Å²) in [6.07, 6.45) is 0. The average molecular weight is 472 g/mol. The first-order valence-corrected chi connectivity index (χ1v) is 11.4. The number of fused-ring (bicyclic) bond motifs is 1. The van der Waals surface area contributed by atoms with E-state index in [1.165, 1.54) is 28.6 Å². The molecule has 2 N–H and O–H groups in total. The molecule has 1 saturated heterocycles. The number of esters is 1. The summed E-state index contributed by atoms with van der Waals surface area (Å²) in [6.45, 7) is 0.659. The number of hydrogen-bond donors (Lipinski definition) is 2. The van der Waals surface area contributed by atoms with E-state index in [9.17, 15) is 22.8 Å². The maximum atomic E-state index is 12.6. The van der Waals surface area contributed by atoms with Crippen LogP contribution < -0.4 is 10.9 Å². The van der Waals surface area contributed by atoms with Crippen LogP contribution in [0, 0.1) is 0 Å². The van der Waals surface area contributed by atoms with Crippen LogP contribution in [0.2, 0.25) is 0 Å². The molecule has 2 aromatic carbocycles.